The van der Waals surface area contributed by atoms with Crippen molar-refractivity contribution in [1.29, 1.82) is 0 Å². The number of hydrogen-bond acceptors (Lipinski definition) is 2. The Kier molecular flexibility index (Phi) is 6.04. The van der Waals surface area contributed by atoms with Crippen LogP contribution in [0.4, 0.5) is 0 Å². The van der Waals surface area contributed by atoms with Gasteiger partial charge in [-0.2, -0.15) is 0 Å². The number of aromatic nitrogens is 1. The van der Waals surface area contributed by atoms with Gasteiger partial charge in [0.25, 0.3) is 0 Å². The third-order valence-corrected chi connectivity index (χ3v) is 4.24. The van der Waals surface area contributed by atoms with E-state index >= 15 is 0 Å². The SMILES string of the molecule is CCCNC(Cc1ccc(Cl)c(Cl)c1)c1ccncc1C. The highest BCUT2D eigenvalue weighted by Crippen LogP contribution is 2.26. The molecule has 0 bridgehead atoms. The van der Waals surface area contributed by atoms with Crippen LogP contribution in [0.1, 0.15) is 36.1 Å². The maximum absolute atomic E-state index is 6.12. The summed E-state index contributed by atoms with van der Waals surface area (Å²) >= 11 is 12.1. The molecule has 2 nitrogen and oxygen atoms in total. The highest BCUT2D eigenvalue weighted by Gasteiger charge is 2.14. The zero-order valence-corrected chi connectivity index (χ0v) is 13.9. The van der Waals surface area contributed by atoms with E-state index in [1.807, 2.05) is 30.6 Å². The van der Waals surface area contributed by atoms with Gasteiger partial charge in [0.2, 0.25) is 0 Å². The number of aryl methyl sites for hydroxylation is 1. The molecule has 0 aliphatic rings. The van der Waals surface area contributed by atoms with Crippen LogP contribution in [0.5, 0.6) is 0 Å². The van der Waals surface area contributed by atoms with Gasteiger partial charge < -0.3 is 5.32 Å². The van der Waals surface area contributed by atoms with Crippen molar-refractivity contribution >= 4 is 23.2 Å². The van der Waals surface area contributed by atoms with Crippen LogP contribution in [0.2, 0.25) is 10.0 Å². The lowest BCUT2D eigenvalue weighted by Gasteiger charge is -2.21. The molecule has 1 N–H and O–H groups in total. The van der Waals surface area contributed by atoms with Crippen LogP contribution in [-0.4, -0.2) is 11.5 Å². The fraction of sp³-hybridized carbons (Fsp3) is 0.353. The van der Waals surface area contributed by atoms with Gasteiger partial charge in [-0.25, -0.2) is 0 Å². The molecule has 112 valence electrons. The lowest BCUT2D eigenvalue weighted by atomic mass is 9.96. The van der Waals surface area contributed by atoms with Crippen LogP contribution >= 0.6 is 23.2 Å². The molecule has 0 spiro atoms. The van der Waals surface area contributed by atoms with E-state index < -0.39 is 0 Å². The van der Waals surface area contributed by atoms with Crippen LogP contribution < -0.4 is 5.32 Å². The largest absolute Gasteiger partial charge is 0.310 e. The van der Waals surface area contributed by atoms with Crippen molar-refractivity contribution in [3.63, 3.8) is 0 Å². The first-order chi connectivity index (χ1) is 10.1. The van der Waals surface area contributed by atoms with Gasteiger partial charge >= 0.3 is 0 Å². The van der Waals surface area contributed by atoms with Crippen molar-refractivity contribution in [2.75, 3.05) is 6.54 Å². The van der Waals surface area contributed by atoms with E-state index in [4.69, 9.17) is 23.2 Å². The Hall–Kier alpha value is -1.09. The van der Waals surface area contributed by atoms with Gasteiger partial charge in [0.1, 0.15) is 0 Å². The maximum atomic E-state index is 6.12. The quantitative estimate of drug-likeness (QED) is 0.811. The summed E-state index contributed by atoms with van der Waals surface area (Å²) in [5.74, 6) is 0. The predicted molar refractivity (Wildman–Crippen MR) is 90.2 cm³/mol. The summed E-state index contributed by atoms with van der Waals surface area (Å²) < 4.78 is 0. The minimum atomic E-state index is 0.255. The maximum Gasteiger partial charge on any atom is 0.0595 e. The molecule has 0 aliphatic carbocycles. The first-order valence-electron chi connectivity index (χ1n) is 7.19. The summed E-state index contributed by atoms with van der Waals surface area (Å²) in [5, 5.41) is 4.81. The Bertz CT molecular complexity index is 599. The van der Waals surface area contributed by atoms with E-state index in [2.05, 4.69) is 30.2 Å². The third kappa shape index (κ3) is 4.44. The topological polar surface area (TPSA) is 24.9 Å². The summed E-state index contributed by atoms with van der Waals surface area (Å²) in [5.41, 5.74) is 3.66. The molecule has 1 aromatic heterocycles. The Morgan fingerprint density at radius 3 is 2.67 bits per heavy atom. The normalized spacial score (nSPS) is 12.4. The first kappa shape index (κ1) is 16.3. The number of halogens is 2. The highest BCUT2D eigenvalue weighted by molar-refractivity contribution is 6.42. The highest BCUT2D eigenvalue weighted by atomic mass is 35.5. The Morgan fingerprint density at radius 1 is 1.19 bits per heavy atom. The van der Waals surface area contributed by atoms with E-state index in [-0.39, 0.29) is 6.04 Å². The average Bonchev–Trinajstić information content (AvgIpc) is 2.48. The molecule has 2 aromatic rings. The van der Waals surface area contributed by atoms with Crippen LogP contribution in [-0.2, 0) is 6.42 Å². The fourth-order valence-electron chi connectivity index (χ4n) is 2.39. The summed E-state index contributed by atoms with van der Waals surface area (Å²) in [4.78, 5) is 4.17. The summed E-state index contributed by atoms with van der Waals surface area (Å²) in [6, 6.07) is 8.17. The zero-order chi connectivity index (χ0) is 15.2. The number of pyridine rings is 1. The van der Waals surface area contributed by atoms with Crippen LogP contribution in [0, 0.1) is 6.92 Å². The molecule has 0 fully saturated rings. The van der Waals surface area contributed by atoms with E-state index in [1.165, 1.54) is 16.7 Å². The van der Waals surface area contributed by atoms with Crippen molar-refractivity contribution in [3.05, 3.63) is 63.4 Å². The number of nitrogens with one attached hydrogen (secondary N) is 1. The van der Waals surface area contributed by atoms with E-state index in [0.717, 1.165) is 19.4 Å². The first-order valence-corrected chi connectivity index (χ1v) is 7.95. The molecular weight excluding hydrogens is 303 g/mol. The van der Waals surface area contributed by atoms with Gasteiger partial charge in [0.05, 0.1) is 10.0 Å². The molecule has 0 radical (unpaired) electrons. The van der Waals surface area contributed by atoms with Crippen molar-refractivity contribution in [1.82, 2.24) is 10.3 Å². The molecule has 1 aromatic carbocycles. The molecule has 1 heterocycles. The van der Waals surface area contributed by atoms with E-state index in [1.54, 1.807) is 0 Å². The Morgan fingerprint density at radius 2 is 2.00 bits per heavy atom. The van der Waals surface area contributed by atoms with Gasteiger partial charge in [-0.05, 0) is 61.2 Å². The number of benzene rings is 1. The second kappa shape index (κ2) is 7.79. The van der Waals surface area contributed by atoms with Crippen LogP contribution in [0.25, 0.3) is 0 Å². The standard InChI is InChI=1S/C17H20Cl2N2/c1-3-7-21-17(14-6-8-20-11-12(14)2)10-13-4-5-15(18)16(19)9-13/h4-6,8-9,11,17,21H,3,7,10H2,1-2H3. The smallest absolute Gasteiger partial charge is 0.0595 e. The minimum Gasteiger partial charge on any atom is -0.310 e. The van der Waals surface area contributed by atoms with Gasteiger partial charge in [-0.1, -0.05) is 36.2 Å². The van der Waals surface area contributed by atoms with Crippen molar-refractivity contribution in [3.8, 4) is 0 Å². The van der Waals surface area contributed by atoms with Gasteiger partial charge in [0.15, 0.2) is 0 Å². The van der Waals surface area contributed by atoms with Crippen LogP contribution in [0.15, 0.2) is 36.7 Å². The van der Waals surface area contributed by atoms with Crippen LogP contribution in [0.3, 0.4) is 0 Å². The Labute approximate surface area is 136 Å². The predicted octanol–water partition coefficient (Wildman–Crippen LogP) is 4.98. The van der Waals surface area contributed by atoms with Gasteiger partial charge in [-0.15, -0.1) is 0 Å². The molecule has 1 atom stereocenters. The molecule has 0 saturated carbocycles. The molecule has 0 aliphatic heterocycles. The second-order valence-corrected chi connectivity index (χ2v) is 6.01. The monoisotopic (exact) mass is 322 g/mol. The lowest BCUT2D eigenvalue weighted by molar-refractivity contribution is 0.526. The molecule has 21 heavy (non-hydrogen) atoms. The van der Waals surface area contributed by atoms with E-state index in [9.17, 15) is 0 Å². The second-order valence-electron chi connectivity index (χ2n) is 5.19. The summed E-state index contributed by atoms with van der Waals surface area (Å²) in [7, 11) is 0. The lowest BCUT2D eigenvalue weighted by Crippen LogP contribution is -2.24. The number of hydrogen-bond donors (Lipinski definition) is 1. The van der Waals surface area contributed by atoms with E-state index in [0.29, 0.717) is 10.0 Å². The van der Waals surface area contributed by atoms with Gasteiger partial charge in [0, 0.05) is 18.4 Å². The number of nitrogens with zero attached hydrogens (tertiary/aromatic N) is 1. The van der Waals surface area contributed by atoms with Gasteiger partial charge in [-0.3, -0.25) is 4.98 Å². The molecule has 0 amide bonds. The number of rotatable bonds is 6. The fourth-order valence-corrected chi connectivity index (χ4v) is 2.71. The average molecular weight is 323 g/mol. The molecule has 4 heteroatoms. The molecule has 2 rings (SSSR count). The minimum absolute atomic E-state index is 0.255. The molecule has 0 saturated heterocycles. The third-order valence-electron chi connectivity index (χ3n) is 3.50. The zero-order valence-electron chi connectivity index (χ0n) is 12.4. The molecular formula is C17H20Cl2N2. The van der Waals surface area contributed by atoms with Crippen molar-refractivity contribution in [2.24, 2.45) is 0 Å². The van der Waals surface area contributed by atoms with Crippen molar-refractivity contribution < 1.29 is 0 Å². The van der Waals surface area contributed by atoms with Crippen molar-refractivity contribution in [2.45, 2.75) is 32.7 Å². The molecule has 1 unspecified atom stereocenters. The summed E-state index contributed by atoms with van der Waals surface area (Å²) in [6.45, 7) is 5.24. The Balaban J connectivity index is 2.24. The summed E-state index contributed by atoms with van der Waals surface area (Å²) in [6.07, 6.45) is 5.73.